The molecule has 1 saturated carbocycles. The van der Waals surface area contributed by atoms with E-state index < -0.39 is 0 Å². The van der Waals surface area contributed by atoms with Gasteiger partial charge in [-0.2, -0.15) is 0 Å². The van der Waals surface area contributed by atoms with Gasteiger partial charge < -0.3 is 9.64 Å². The van der Waals surface area contributed by atoms with E-state index in [-0.39, 0.29) is 5.41 Å². The number of likely N-dealkylation sites (N-methyl/N-ethyl adjacent to an activating group) is 1. The average Bonchev–Trinajstić information content (AvgIpc) is 2.37. The van der Waals surface area contributed by atoms with Gasteiger partial charge in [-0.3, -0.25) is 0 Å². The Kier molecular flexibility index (Phi) is 3.09. The zero-order chi connectivity index (χ0) is 13.6. The molecule has 2 aliphatic rings. The average molecular weight is 259 g/mol. The number of nitrogens with zero attached hydrogens (tertiary/aromatic N) is 1. The molecule has 1 aromatic rings. The van der Waals surface area contributed by atoms with Crippen LogP contribution in [0.25, 0.3) is 0 Å². The first kappa shape index (κ1) is 13.0. The number of rotatable bonds is 2. The summed E-state index contributed by atoms with van der Waals surface area (Å²) in [5, 5.41) is 0. The van der Waals surface area contributed by atoms with Gasteiger partial charge in [-0.1, -0.05) is 19.4 Å². The van der Waals surface area contributed by atoms with Crippen LogP contribution in [0.15, 0.2) is 18.2 Å². The van der Waals surface area contributed by atoms with Crippen molar-refractivity contribution in [2.45, 2.75) is 44.1 Å². The van der Waals surface area contributed by atoms with Gasteiger partial charge in [-0.25, -0.2) is 0 Å². The van der Waals surface area contributed by atoms with Crippen molar-refractivity contribution in [1.82, 2.24) is 4.90 Å². The number of methoxy groups -OCH3 is 1. The second kappa shape index (κ2) is 4.52. The van der Waals surface area contributed by atoms with Gasteiger partial charge in [0, 0.05) is 11.5 Å². The first-order chi connectivity index (χ1) is 9.06. The van der Waals surface area contributed by atoms with Crippen LogP contribution in [0.5, 0.6) is 5.75 Å². The predicted molar refractivity (Wildman–Crippen MR) is 78.9 cm³/mol. The molecule has 0 saturated heterocycles. The molecule has 0 amide bonds. The van der Waals surface area contributed by atoms with Crippen LogP contribution in [0, 0.1) is 5.92 Å². The number of hydrogen-bond acceptors (Lipinski definition) is 2. The van der Waals surface area contributed by atoms with Crippen LogP contribution in [0.1, 0.15) is 37.3 Å². The highest BCUT2D eigenvalue weighted by Crippen LogP contribution is 2.50. The van der Waals surface area contributed by atoms with Gasteiger partial charge in [0.15, 0.2) is 0 Å². The molecule has 1 aromatic carbocycles. The maximum atomic E-state index is 5.45. The van der Waals surface area contributed by atoms with Gasteiger partial charge in [0.25, 0.3) is 0 Å². The molecule has 2 aliphatic carbocycles. The molecule has 3 atom stereocenters. The standard InChI is InChI=1S/C17H25NO/c1-17-9-5-6-13(16(17)18(2)3)10-12-7-8-14(19-4)11-15(12)17/h7-8,11,13,16H,5-6,9-10H2,1-4H3/t13?,16-,17?/m0/s1. The normalized spacial score (nSPS) is 33.1. The van der Waals surface area contributed by atoms with Crippen molar-refractivity contribution in [3.05, 3.63) is 29.3 Å². The largest absolute Gasteiger partial charge is 0.497 e. The molecule has 0 heterocycles. The van der Waals surface area contributed by atoms with Gasteiger partial charge in [-0.15, -0.1) is 0 Å². The Morgan fingerprint density at radius 1 is 1.32 bits per heavy atom. The highest BCUT2D eigenvalue weighted by atomic mass is 16.5. The summed E-state index contributed by atoms with van der Waals surface area (Å²) < 4.78 is 5.45. The van der Waals surface area contributed by atoms with E-state index in [0.29, 0.717) is 6.04 Å². The molecular weight excluding hydrogens is 234 g/mol. The maximum absolute atomic E-state index is 5.45. The molecule has 2 nitrogen and oxygen atoms in total. The lowest BCUT2D eigenvalue weighted by Crippen LogP contribution is -2.56. The third-order valence-corrected chi connectivity index (χ3v) is 5.34. The summed E-state index contributed by atoms with van der Waals surface area (Å²) in [6.07, 6.45) is 5.27. The summed E-state index contributed by atoms with van der Waals surface area (Å²) in [5.41, 5.74) is 3.36. The van der Waals surface area contributed by atoms with Crippen LogP contribution in [0.2, 0.25) is 0 Å². The van der Waals surface area contributed by atoms with Crippen molar-refractivity contribution in [3.8, 4) is 5.75 Å². The zero-order valence-electron chi connectivity index (χ0n) is 12.6. The Morgan fingerprint density at radius 3 is 2.79 bits per heavy atom. The minimum absolute atomic E-state index is 0.286. The molecule has 0 radical (unpaired) electrons. The van der Waals surface area contributed by atoms with Crippen LogP contribution in [-0.4, -0.2) is 32.1 Å². The van der Waals surface area contributed by atoms with E-state index in [1.54, 1.807) is 12.7 Å². The summed E-state index contributed by atoms with van der Waals surface area (Å²) in [4.78, 5) is 2.45. The monoisotopic (exact) mass is 259 g/mol. The Balaban J connectivity index is 2.13. The number of ether oxygens (including phenoxy) is 1. The highest BCUT2D eigenvalue weighted by molar-refractivity contribution is 5.44. The SMILES string of the molecule is COc1ccc2c(c1)C1(C)CCCC(C2)[C@@H]1N(C)C. The van der Waals surface area contributed by atoms with Gasteiger partial charge in [0.05, 0.1) is 7.11 Å². The van der Waals surface area contributed by atoms with E-state index in [0.717, 1.165) is 11.7 Å². The minimum Gasteiger partial charge on any atom is -0.497 e. The Morgan fingerprint density at radius 2 is 2.11 bits per heavy atom. The van der Waals surface area contributed by atoms with E-state index in [4.69, 9.17) is 4.74 Å². The fourth-order valence-corrected chi connectivity index (χ4v) is 4.73. The molecule has 0 spiro atoms. The van der Waals surface area contributed by atoms with Crippen molar-refractivity contribution in [3.63, 3.8) is 0 Å². The molecule has 1 fully saturated rings. The summed E-state index contributed by atoms with van der Waals surface area (Å²) in [6, 6.07) is 7.36. The lowest BCUT2D eigenvalue weighted by molar-refractivity contribution is 0.0624. The quantitative estimate of drug-likeness (QED) is 0.808. The summed E-state index contributed by atoms with van der Waals surface area (Å²) >= 11 is 0. The summed E-state index contributed by atoms with van der Waals surface area (Å²) in [7, 11) is 6.25. The van der Waals surface area contributed by atoms with Crippen LogP contribution >= 0.6 is 0 Å². The summed E-state index contributed by atoms with van der Waals surface area (Å²) in [6.45, 7) is 2.46. The van der Waals surface area contributed by atoms with E-state index in [2.05, 4.69) is 44.1 Å². The van der Waals surface area contributed by atoms with Gasteiger partial charge in [0.1, 0.15) is 5.75 Å². The maximum Gasteiger partial charge on any atom is 0.119 e. The molecule has 0 N–H and O–H groups in total. The molecule has 0 aliphatic heterocycles. The minimum atomic E-state index is 0.286. The third-order valence-electron chi connectivity index (χ3n) is 5.34. The second-order valence-corrected chi connectivity index (χ2v) is 6.71. The predicted octanol–water partition coefficient (Wildman–Crippen LogP) is 3.24. The van der Waals surface area contributed by atoms with Gasteiger partial charge in [0.2, 0.25) is 0 Å². The third kappa shape index (κ3) is 1.88. The van der Waals surface area contributed by atoms with Crippen molar-refractivity contribution >= 4 is 0 Å². The van der Waals surface area contributed by atoms with Crippen molar-refractivity contribution in [2.24, 2.45) is 5.92 Å². The molecule has 2 bridgehead atoms. The molecule has 2 unspecified atom stereocenters. The molecule has 19 heavy (non-hydrogen) atoms. The van der Waals surface area contributed by atoms with Crippen molar-refractivity contribution < 1.29 is 4.74 Å². The fourth-order valence-electron chi connectivity index (χ4n) is 4.73. The van der Waals surface area contributed by atoms with Gasteiger partial charge in [-0.05, 0) is 62.5 Å². The lowest BCUT2D eigenvalue weighted by Gasteiger charge is -2.53. The summed E-state index contributed by atoms with van der Waals surface area (Å²) in [5.74, 6) is 1.82. The molecule has 2 heteroatoms. The fraction of sp³-hybridized carbons (Fsp3) is 0.647. The second-order valence-electron chi connectivity index (χ2n) is 6.71. The molecule has 104 valence electrons. The number of fused-ring (bicyclic) bond motifs is 4. The van der Waals surface area contributed by atoms with Crippen molar-refractivity contribution in [1.29, 1.82) is 0 Å². The lowest BCUT2D eigenvalue weighted by atomic mass is 9.57. The molecule has 3 rings (SSSR count). The van der Waals surface area contributed by atoms with Crippen LogP contribution in [0.4, 0.5) is 0 Å². The first-order valence-corrected chi connectivity index (χ1v) is 7.40. The Hall–Kier alpha value is -1.02. The zero-order valence-corrected chi connectivity index (χ0v) is 12.6. The number of benzene rings is 1. The smallest absolute Gasteiger partial charge is 0.119 e. The van der Waals surface area contributed by atoms with E-state index in [1.165, 1.54) is 31.2 Å². The number of hydrogen-bond donors (Lipinski definition) is 0. The molecule has 0 aromatic heterocycles. The topological polar surface area (TPSA) is 12.5 Å². The van der Waals surface area contributed by atoms with Crippen LogP contribution < -0.4 is 4.74 Å². The highest BCUT2D eigenvalue weighted by Gasteiger charge is 2.48. The van der Waals surface area contributed by atoms with Crippen LogP contribution in [-0.2, 0) is 11.8 Å². The Bertz CT molecular complexity index is 482. The van der Waals surface area contributed by atoms with Gasteiger partial charge >= 0.3 is 0 Å². The van der Waals surface area contributed by atoms with E-state index in [9.17, 15) is 0 Å². The molecular formula is C17H25NO. The van der Waals surface area contributed by atoms with E-state index >= 15 is 0 Å². The Labute approximate surface area is 116 Å². The van der Waals surface area contributed by atoms with E-state index in [1.807, 2.05) is 0 Å². The van der Waals surface area contributed by atoms with Crippen LogP contribution in [0.3, 0.4) is 0 Å². The van der Waals surface area contributed by atoms with Crippen molar-refractivity contribution in [2.75, 3.05) is 21.2 Å². The first-order valence-electron chi connectivity index (χ1n) is 7.40.